The Morgan fingerprint density at radius 2 is 2.25 bits per heavy atom. The summed E-state index contributed by atoms with van der Waals surface area (Å²) in [4.78, 5) is 9.62. The van der Waals surface area contributed by atoms with Gasteiger partial charge in [0, 0.05) is 20.9 Å². The topological polar surface area (TPSA) is 77.3 Å². The van der Waals surface area contributed by atoms with Crippen LogP contribution in [0.25, 0.3) is 0 Å². The fourth-order valence-electron chi connectivity index (χ4n) is 0.765. The number of nitrogens with zero attached hydrogens (tertiary/aromatic N) is 1. The highest BCUT2D eigenvalue weighted by Crippen LogP contribution is 2.38. The average Bonchev–Trinajstić information content (AvgIpc) is 2.03. The van der Waals surface area contributed by atoms with Crippen LogP contribution in [0.15, 0.2) is 10.4 Å². The minimum absolute atomic E-state index is 0.312. The van der Waals surface area contributed by atoms with Gasteiger partial charge in [0.2, 0.25) is 0 Å². The first-order valence-electron chi connectivity index (χ1n) is 2.72. The highest BCUT2D eigenvalue weighted by Gasteiger charge is 2.52. The molecule has 1 unspecified atom stereocenters. The van der Waals surface area contributed by atoms with Crippen molar-refractivity contribution in [1.29, 1.82) is 0 Å². The molecule has 0 aromatic carbocycles. The standard InChI is InChI=1S/C4H3BrClNO4S/c5-4(7(8)9)2-12(10,11)1-3(4)6/h1H,2H2. The molecule has 8 heteroatoms. The maximum atomic E-state index is 10.9. The van der Waals surface area contributed by atoms with Crippen LogP contribution in [0.3, 0.4) is 0 Å². The minimum atomic E-state index is -3.53. The average molecular weight is 276 g/mol. The third-order valence-electron chi connectivity index (χ3n) is 1.33. The lowest BCUT2D eigenvalue weighted by Crippen LogP contribution is -2.34. The van der Waals surface area contributed by atoms with E-state index in [1.54, 1.807) is 0 Å². The van der Waals surface area contributed by atoms with Gasteiger partial charge in [0.1, 0.15) is 10.8 Å². The van der Waals surface area contributed by atoms with Gasteiger partial charge in [0.25, 0.3) is 0 Å². The van der Waals surface area contributed by atoms with Gasteiger partial charge in [-0.15, -0.1) is 0 Å². The fourth-order valence-corrected chi connectivity index (χ4v) is 4.00. The predicted octanol–water partition coefficient (Wildman–Crippen LogP) is 0.863. The predicted molar refractivity (Wildman–Crippen MR) is 46.4 cm³/mol. The van der Waals surface area contributed by atoms with E-state index in [1.807, 2.05) is 0 Å². The first-order valence-corrected chi connectivity index (χ1v) is 5.60. The lowest BCUT2D eigenvalue weighted by Gasteiger charge is -2.09. The van der Waals surface area contributed by atoms with Gasteiger partial charge in [-0.05, 0) is 0 Å². The van der Waals surface area contributed by atoms with Gasteiger partial charge in [-0.3, -0.25) is 10.1 Å². The largest absolute Gasteiger partial charge is 0.324 e. The maximum Gasteiger partial charge on any atom is 0.324 e. The van der Waals surface area contributed by atoms with Crippen LogP contribution >= 0.6 is 27.5 Å². The highest BCUT2D eigenvalue weighted by atomic mass is 79.9. The first-order chi connectivity index (χ1) is 5.28. The zero-order chi connectivity index (χ0) is 9.57. The summed E-state index contributed by atoms with van der Waals surface area (Å²) in [5.41, 5.74) is 0. The van der Waals surface area contributed by atoms with Crippen LogP contribution in [0.5, 0.6) is 0 Å². The van der Waals surface area contributed by atoms with E-state index < -0.39 is 25.0 Å². The number of nitro groups is 1. The molecule has 0 aromatic heterocycles. The quantitative estimate of drug-likeness (QED) is 0.308. The summed E-state index contributed by atoms with van der Waals surface area (Å²) in [6.07, 6.45) is 0. The summed E-state index contributed by atoms with van der Waals surface area (Å²) in [5, 5.41) is 10.8. The molecule has 0 spiro atoms. The molecule has 5 nitrogen and oxygen atoms in total. The molecule has 12 heavy (non-hydrogen) atoms. The van der Waals surface area contributed by atoms with Crippen molar-refractivity contribution >= 4 is 37.4 Å². The van der Waals surface area contributed by atoms with Gasteiger partial charge in [-0.25, -0.2) is 8.42 Å². The normalized spacial score (nSPS) is 33.0. The lowest BCUT2D eigenvalue weighted by atomic mass is 10.3. The van der Waals surface area contributed by atoms with Gasteiger partial charge in [0.15, 0.2) is 9.84 Å². The third kappa shape index (κ3) is 1.48. The molecule has 0 saturated heterocycles. The van der Waals surface area contributed by atoms with E-state index in [9.17, 15) is 18.5 Å². The molecule has 1 aliphatic rings. The van der Waals surface area contributed by atoms with E-state index in [4.69, 9.17) is 11.6 Å². The molecule has 0 saturated carbocycles. The summed E-state index contributed by atoms with van der Waals surface area (Å²) in [5.74, 6) is -0.633. The Kier molecular flexibility index (Phi) is 2.22. The molecule has 1 heterocycles. The summed E-state index contributed by atoms with van der Waals surface area (Å²) >= 11 is 8.07. The molecule has 0 fully saturated rings. The Bertz CT molecular complexity index is 363. The molecule has 0 amide bonds. The second-order valence-corrected chi connectivity index (χ2v) is 5.86. The fraction of sp³-hybridized carbons (Fsp3) is 0.500. The zero-order valence-electron chi connectivity index (χ0n) is 5.53. The Hall–Kier alpha value is -0.140. The first kappa shape index (κ1) is 9.94. The van der Waals surface area contributed by atoms with E-state index >= 15 is 0 Å². The van der Waals surface area contributed by atoms with Crippen molar-refractivity contribution in [2.75, 3.05) is 5.75 Å². The van der Waals surface area contributed by atoms with Crippen LogP contribution in [0.4, 0.5) is 0 Å². The lowest BCUT2D eigenvalue weighted by molar-refractivity contribution is -0.516. The van der Waals surface area contributed by atoms with Crippen molar-refractivity contribution in [1.82, 2.24) is 0 Å². The second-order valence-electron chi connectivity index (χ2n) is 2.29. The van der Waals surface area contributed by atoms with Crippen LogP contribution in [0.1, 0.15) is 0 Å². The van der Waals surface area contributed by atoms with Crippen molar-refractivity contribution in [2.45, 2.75) is 4.45 Å². The number of hydrogen-bond acceptors (Lipinski definition) is 4. The smallest absolute Gasteiger partial charge is 0.263 e. The minimum Gasteiger partial charge on any atom is -0.263 e. The van der Waals surface area contributed by atoms with Crippen molar-refractivity contribution in [3.63, 3.8) is 0 Å². The molecular weight excluding hydrogens is 273 g/mol. The van der Waals surface area contributed by atoms with E-state index in [0.29, 0.717) is 5.41 Å². The Morgan fingerprint density at radius 1 is 1.75 bits per heavy atom. The SMILES string of the molecule is O=[N+]([O-])C1(Br)CS(=O)(=O)C=C1Cl. The maximum absolute atomic E-state index is 10.9. The zero-order valence-corrected chi connectivity index (χ0v) is 8.69. The number of alkyl halides is 1. The summed E-state index contributed by atoms with van der Waals surface area (Å²) in [6, 6.07) is 0. The van der Waals surface area contributed by atoms with E-state index in [1.165, 1.54) is 0 Å². The van der Waals surface area contributed by atoms with Crippen LogP contribution in [-0.4, -0.2) is 23.5 Å². The Morgan fingerprint density at radius 3 is 2.42 bits per heavy atom. The Balaban J connectivity index is 3.20. The summed E-state index contributed by atoms with van der Waals surface area (Å²) in [6.45, 7) is 0. The van der Waals surface area contributed by atoms with Gasteiger partial charge < -0.3 is 0 Å². The molecule has 0 radical (unpaired) electrons. The number of halogens is 2. The van der Waals surface area contributed by atoms with Crippen molar-refractivity contribution in [3.05, 3.63) is 20.6 Å². The monoisotopic (exact) mass is 275 g/mol. The van der Waals surface area contributed by atoms with Crippen LogP contribution in [0, 0.1) is 10.1 Å². The molecule has 0 N–H and O–H groups in total. The van der Waals surface area contributed by atoms with E-state index in [-0.39, 0.29) is 5.03 Å². The van der Waals surface area contributed by atoms with Crippen molar-refractivity contribution in [3.8, 4) is 0 Å². The Labute approximate surface area is 81.6 Å². The van der Waals surface area contributed by atoms with Crippen molar-refractivity contribution in [2.24, 2.45) is 0 Å². The molecule has 1 rings (SSSR count). The van der Waals surface area contributed by atoms with Gasteiger partial charge in [0.05, 0.1) is 5.41 Å². The molecule has 0 bridgehead atoms. The van der Waals surface area contributed by atoms with E-state index in [2.05, 4.69) is 15.9 Å². The second kappa shape index (κ2) is 2.68. The van der Waals surface area contributed by atoms with Crippen LogP contribution < -0.4 is 0 Å². The molecule has 1 aliphatic heterocycles. The highest BCUT2D eigenvalue weighted by molar-refractivity contribution is 9.10. The van der Waals surface area contributed by atoms with Gasteiger partial charge in [-0.1, -0.05) is 11.6 Å². The summed E-state index contributed by atoms with van der Waals surface area (Å²) < 4.78 is 19.9. The number of sulfone groups is 1. The number of rotatable bonds is 1. The number of hydrogen-bond donors (Lipinski definition) is 0. The molecule has 1 atom stereocenters. The van der Waals surface area contributed by atoms with Crippen molar-refractivity contribution < 1.29 is 13.3 Å². The van der Waals surface area contributed by atoms with Crippen LogP contribution in [0.2, 0.25) is 0 Å². The molecule has 0 aromatic rings. The molecular formula is C4H3BrClNO4S. The van der Waals surface area contributed by atoms with E-state index in [0.717, 1.165) is 0 Å². The molecule has 0 aliphatic carbocycles. The molecule has 68 valence electrons. The van der Waals surface area contributed by atoms with Gasteiger partial charge >= 0.3 is 4.45 Å². The van der Waals surface area contributed by atoms with Gasteiger partial charge in [-0.2, -0.15) is 0 Å². The summed E-state index contributed by atoms with van der Waals surface area (Å²) in [7, 11) is -3.53. The third-order valence-corrected chi connectivity index (χ3v) is 4.89. The van der Waals surface area contributed by atoms with Crippen LogP contribution in [-0.2, 0) is 9.84 Å².